The molecule has 0 atom stereocenters. The molecule has 1 aliphatic rings. The van der Waals surface area contributed by atoms with Gasteiger partial charge in [-0.25, -0.2) is 0 Å². The Kier molecular flexibility index (Phi) is 27.5. The van der Waals surface area contributed by atoms with Crippen LogP contribution in [0, 0.1) is 5.92 Å². The lowest BCUT2D eigenvalue weighted by atomic mass is 9.85. The third kappa shape index (κ3) is 14.0. The number of halogens is 23. The molecule has 1 heterocycles. The summed E-state index contributed by atoms with van der Waals surface area (Å²) in [7, 11) is 0. The first-order valence-electron chi connectivity index (χ1n) is 21.4. The molecule has 2 nitrogen and oxygen atoms in total. The van der Waals surface area contributed by atoms with E-state index >= 15 is 0 Å². The van der Waals surface area contributed by atoms with Crippen LogP contribution >= 0.6 is 267 Å². The third-order valence-electron chi connectivity index (χ3n) is 11.3. The molecule has 0 N–H and O–H groups in total. The molecular formula is C47H36Cl23N2. The van der Waals surface area contributed by atoms with Gasteiger partial charge in [-0.15, -0.1) is 11.4 Å². The molecule has 25 heteroatoms. The van der Waals surface area contributed by atoms with Crippen molar-refractivity contribution in [2.24, 2.45) is 0 Å². The third-order valence-corrected chi connectivity index (χ3v) is 21.7. The van der Waals surface area contributed by atoms with Crippen LogP contribution in [0.5, 0.6) is 0 Å². The first kappa shape index (κ1) is 67.0. The van der Waals surface area contributed by atoms with Crippen LogP contribution in [0.2, 0.25) is 100 Å². The molecule has 0 unspecified atom stereocenters. The Morgan fingerprint density at radius 1 is 0.292 bits per heavy atom. The first-order valence-corrected chi connectivity index (χ1v) is 30.1. The van der Waals surface area contributed by atoms with Crippen LogP contribution < -0.4 is 0 Å². The fourth-order valence-electron chi connectivity index (χ4n) is 7.51. The van der Waals surface area contributed by atoms with Crippen molar-refractivity contribution in [3.8, 4) is 0 Å². The summed E-state index contributed by atoms with van der Waals surface area (Å²) in [4.78, 5) is 0. The van der Waals surface area contributed by atoms with Gasteiger partial charge in [-0.2, -0.15) is 0 Å². The molecule has 395 valence electrons. The molecule has 72 heavy (non-hydrogen) atoms. The Morgan fingerprint density at radius 3 is 0.750 bits per heavy atom. The van der Waals surface area contributed by atoms with Crippen molar-refractivity contribution in [3.63, 3.8) is 0 Å². The molecule has 1 radical (unpaired) electrons. The van der Waals surface area contributed by atoms with E-state index in [0.717, 1.165) is 0 Å². The monoisotopic (exact) mass is 1430 g/mol. The number of hydrogen-bond donors (Lipinski definition) is 0. The number of benzene rings is 4. The van der Waals surface area contributed by atoms with Crippen LogP contribution in [0.15, 0.2) is 26.5 Å². The molecule has 5 rings (SSSR count). The molecule has 0 aliphatic carbocycles. The Bertz CT molecular complexity index is 2540. The second-order valence-corrected chi connectivity index (χ2v) is 24.6. The van der Waals surface area contributed by atoms with E-state index in [2.05, 4.69) is 27.7 Å². The average molecular weight is 1440 g/mol. The molecule has 0 bridgehead atoms. The highest BCUT2D eigenvalue weighted by atomic mass is 35.5. The maximum Gasteiger partial charge on any atom is 0.0809 e. The average Bonchev–Trinajstić information content (AvgIpc) is 3.37. The molecule has 0 saturated heterocycles. The Morgan fingerprint density at radius 2 is 0.514 bits per heavy atom. The van der Waals surface area contributed by atoms with Crippen molar-refractivity contribution >= 4 is 272 Å². The van der Waals surface area contributed by atoms with Crippen LogP contribution in [0.25, 0.3) is 10.9 Å². The molecule has 4 aromatic carbocycles. The minimum absolute atomic E-state index is 0.219. The molecule has 0 spiro atoms. The molecule has 0 saturated carbocycles. The Labute approximate surface area is 535 Å². The summed E-state index contributed by atoms with van der Waals surface area (Å²) < 4.78 is 1.42. The van der Waals surface area contributed by atoms with Gasteiger partial charge in [0.05, 0.1) is 132 Å². The Balaban J connectivity index is 0.000000564. The molecule has 0 aromatic heterocycles. The standard InChI is InChI=1S/C31Cl23N.C16H36N/c32-7-3(8(33)16(41)23(48)15(7)40)1(4-9(34)17(42)24(49)18(43)10(4)35)30-28(53)27(52)29(54)31(55-30)2(5-11(36)19(44)25(50)20(45)12(5)37)6-13(38)21(46)26(51)22(47)14(6)39;1-5-9-13-17(14-10-6-2,15-11-7-3)16-12-8-4/h;5-16H2,1-4H3/q-1;+1. The second-order valence-electron chi connectivity index (χ2n) is 15.9. The highest BCUT2D eigenvalue weighted by Gasteiger charge is 2.37. The summed E-state index contributed by atoms with van der Waals surface area (Å²) in [6, 6.07) is 0. The van der Waals surface area contributed by atoms with E-state index < -0.39 is 5.03 Å². The van der Waals surface area contributed by atoms with E-state index in [1.165, 1.54) is 82.0 Å². The quantitative estimate of drug-likeness (QED) is 0.0568. The summed E-state index contributed by atoms with van der Waals surface area (Å²) in [6.45, 7) is 15.0. The van der Waals surface area contributed by atoms with Crippen LogP contribution in [0.1, 0.15) is 101 Å². The number of nitrogens with zero attached hydrogens (tertiary/aromatic N) is 2. The van der Waals surface area contributed by atoms with E-state index in [-0.39, 0.29) is 156 Å². The van der Waals surface area contributed by atoms with Gasteiger partial charge in [-0.05, 0) is 31.3 Å². The largest absolute Gasteiger partial charge is 0.657 e. The fraction of sp³-hybridized carbons (Fsp3) is 0.340. The summed E-state index contributed by atoms with van der Waals surface area (Å²) in [5.74, 6) is -0.260. The van der Waals surface area contributed by atoms with Crippen molar-refractivity contribution in [2.45, 2.75) is 79.1 Å². The van der Waals surface area contributed by atoms with Gasteiger partial charge in [0, 0.05) is 38.2 Å². The highest BCUT2D eigenvalue weighted by Crippen LogP contribution is 2.61. The van der Waals surface area contributed by atoms with Crippen LogP contribution in [0.4, 0.5) is 0 Å². The summed E-state index contributed by atoms with van der Waals surface area (Å²) in [6.07, 6.45) is 11.1. The van der Waals surface area contributed by atoms with Crippen molar-refractivity contribution in [1.82, 2.24) is 0 Å². The van der Waals surface area contributed by atoms with Gasteiger partial charge in [0.15, 0.2) is 0 Å². The maximum atomic E-state index is 6.97. The zero-order valence-electron chi connectivity index (χ0n) is 37.6. The number of hydrogen-bond acceptors (Lipinski definition) is 0. The van der Waals surface area contributed by atoms with Gasteiger partial charge in [0.2, 0.25) is 0 Å². The van der Waals surface area contributed by atoms with Gasteiger partial charge >= 0.3 is 0 Å². The lowest BCUT2D eigenvalue weighted by molar-refractivity contribution is -0.929. The first-order chi connectivity index (χ1) is 33.7. The van der Waals surface area contributed by atoms with E-state index in [4.69, 9.17) is 272 Å². The molecular weight excluding hydrogens is 1410 g/mol. The number of rotatable bonds is 17. The molecule has 0 amide bonds. The van der Waals surface area contributed by atoms with E-state index in [1.807, 2.05) is 0 Å². The normalized spacial score (nSPS) is 13.1. The Hall–Kier alpha value is 2.53. The van der Waals surface area contributed by atoms with Gasteiger partial charge in [0.25, 0.3) is 0 Å². The number of unbranched alkanes of at least 4 members (excludes halogenated alkanes) is 4. The van der Waals surface area contributed by atoms with Gasteiger partial charge in [0.1, 0.15) is 0 Å². The fourth-order valence-corrected chi connectivity index (χ4v) is 13.5. The summed E-state index contributed by atoms with van der Waals surface area (Å²) in [5, 5.41) is -1.98. The number of allylic oxidation sites excluding steroid dienone is 4. The van der Waals surface area contributed by atoms with E-state index in [9.17, 15) is 0 Å². The van der Waals surface area contributed by atoms with Gasteiger partial charge in [-0.1, -0.05) is 320 Å². The lowest BCUT2D eigenvalue weighted by Gasteiger charge is -2.42. The zero-order valence-corrected chi connectivity index (χ0v) is 55.0. The molecule has 1 aliphatic heterocycles. The molecule has 0 fully saturated rings. The maximum absolute atomic E-state index is 6.97. The van der Waals surface area contributed by atoms with Crippen molar-refractivity contribution in [1.29, 1.82) is 0 Å². The zero-order chi connectivity index (χ0) is 54.6. The summed E-state index contributed by atoms with van der Waals surface area (Å²) in [5.41, 5.74) is -1.86. The SMILES string of the molecule is CCCC[N+](CCCC)(CCCC)CCCC.ClC1=C([C](c2c(Cl)c(Cl)c(Cl)c(Cl)c2Cl)c2c(Cl)c(Cl)c(Cl)c(Cl)c2Cl)[N-]C(=C(c2c(Cl)c(Cl)c(Cl)c(Cl)c2Cl)c2c(Cl)c(Cl)c(Cl)c(Cl)c2Cl)C(Cl)=C1Cl. The highest BCUT2D eigenvalue weighted by molar-refractivity contribution is 6.60. The summed E-state index contributed by atoms with van der Waals surface area (Å²) >= 11 is 153. The minimum atomic E-state index is -0.396. The van der Waals surface area contributed by atoms with Crippen molar-refractivity contribution in [3.05, 3.63) is 160 Å². The van der Waals surface area contributed by atoms with Crippen LogP contribution in [-0.4, -0.2) is 30.7 Å². The van der Waals surface area contributed by atoms with Crippen LogP contribution in [-0.2, 0) is 0 Å². The topological polar surface area (TPSA) is 14.1 Å². The predicted molar refractivity (Wildman–Crippen MR) is 328 cm³/mol. The smallest absolute Gasteiger partial charge is 0.0809 e. The van der Waals surface area contributed by atoms with E-state index in [0.29, 0.717) is 0 Å². The van der Waals surface area contributed by atoms with Gasteiger partial charge in [-0.3, -0.25) is 0 Å². The van der Waals surface area contributed by atoms with Crippen molar-refractivity contribution in [2.75, 3.05) is 26.2 Å². The minimum Gasteiger partial charge on any atom is -0.657 e. The van der Waals surface area contributed by atoms with Gasteiger partial charge < -0.3 is 9.80 Å². The predicted octanol–water partition coefficient (Wildman–Crippen LogP) is 27.7. The molecule has 4 aromatic rings. The lowest BCUT2D eigenvalue weighted by Crippen LogP contribution is -2.50. The van der Waals surface area contributed by atoms with Crippen molar-refractivity contribution < 1.29 is 4.48 Å². The second kappa shape index (κ2) is 29.5. The van der Waals surface area contributed by atoms with Crippen LogP contribution in [0.3, 0.4) is 0 Å². The van der Waals surface area contributed by atoms with E-state index in [1.54, 1.807) is 0 Å². The number of quaternary nitrogens is 1.